The largest absolute Gasteiger partial charge is 0.309 e. The Bertz CT molecular complexity index is 298. The van der Waals surface area contributed by atoms with Gasteiger partial charge in [-0.05, 0) is 31.6 Å². The van der Waals surface area contributed by atoms with Gasteiger partial charge >= 0.3 is 0 Å². The molecule has 0 aromatic heterocycles. The van der Waals surface area contributed by atoms with E-state index in [1.807, 2.05) is 0 Å². The summed E-state index contributed by atoms with van der Waals surface area (Å²) in [6.45, 7) is 8.48. The Hall–Kier alpha value is 0.220. The van der Waals surface area contributed by atoms with Crippen LogP contribution in [0, 0.1) is 0 Å². The summed E-state index contributed by atoms with van der Waals surface area (Å²) in [6, 6.07) is 0. The van der Waals surface area contributed by atoms with Crippen LogP contribution >= 0.6 is 0 Å². The molecule has 1 aliphatic heterocycles. The molecular weight excluding hydrogens is 237 g/mol. The maximum atomic E-state index is 2.87. The van der Waals surface area contributed by atoms with Gasteiger partial charge in [0.05, 0.1) is 0 Å². The van der Waals surface area contributed by atoms with E-state index in [4.69, 9.17) is 0 Å². The van der Waals surface area contributed by atoms with Crippen molar-refractivity contribution in [1.29, 1.82) is 0 Å². The Kier molecular flexibility index (Phi) is 6.83. The van der Waals surface area contributed by atoms with Gasteiger partial charge in [-0.25, -0.2) is 0 Å². The Balaban J connectivity index is 2.78. The van der Waals surface area contributed by atoms with Crippen molar-refractivity contribution in [3.63, 3.8) is 0 Å². The molecule has 5 heteroatoms. The second-order valence-electron chi connectivity index (χ2n) is 8.09. The van der Waals surface area contributed by atoms with Crippen LogP contribution in [0.4, 0.5) is 0 Å². The standard InChI is InChI=1S/C15H35B4N/c1-4-6-7-8-10-14(3,9-5-2)20-11-12(16)13(17)15(20,18)19/h12-13H,4-11,16-19H2,1-3H3. The molecule has 1 rings (SSSR count). The van der Waals surface area contributed by atoms with Crippen LogP contribution in [-0.2, 0) is 0 Å². The molecule has 20 heavy (non-hydrogen) atoms. The average Bonchev–Trinajstić information content (AvgIpc) is 2.59. The van der Waals surface area contributed by atoms with Crippen molar-refractivity contribution in [2.45, 2.75) is 88.2 Å². The van der Waals surface area contributed by atoms with Crippen molar-refractivity contribution < 1.29 is 0 Å². The van der Waals surface area contributed by atoms with Gasteiger partial charge in [-0.15, -0.1) is 0 Å². The van der Waals surface area contributed by atoms with Crippen molar-refractivity contribution in [1.82, 2.24) is 4.90 Å². The summed E-state index contributed by atoms with van der Waals surface area (Å²) in [6.07, 6.45) is 9.59. The second kappa shape index (κ2) is 7.47. The Labute approximate surface area is 131 Å². The lowest BCUT2D eigenvalue weighted by Crippen LogP contribution is -2.58. The van der Waals surface area contributed by atoms with Gasteiger partial charge in [-0.2, -0.15) is 0 Å². The molecule has 3 unspecified atom stereocenters. The topological polar surface area (TPSA) is 3.24 Å². The van der Waals surface area contributed by atoms with Crippen LogP contribution in [0.2, 0.25) is 11.6 Å². The number of hydrogen-bond donors (Lipinski definition) is 0. The van der Waals surface area contributed by atoms with Crippen LogP contribution in [-0.4, -0.2) is 53.7 Å². The van der Waals surface area contributed by atoms with Gasteiger partial charge in [0.25, 0.3) is 0 Å². The van der Waals surface area contributed by atoms with Gasteiger partial charge < -0.3 is 4.90 Å². The zero-order chi connectivity index (χ0) is 15.4. The normalized spacial score (nSPS) is 29.4. The maximum Gasteiger partial charge on any atom is 0.116 e. The van der Waals surface area contributed by atoms with Gasteiger partial charge in [0.15, 0.2) is 0 Å². The molecule has 0 aromatic carbocycles. The SMILES string of the molecule is BC1CN(C(C)(CCC)CCCCCC)C(B)(B)C1B. The predicted octanol–water partition coefficient (Wildman–Crippen LogP) is 0.594. The highest BCUT2D eigenvalue weighted by Crippen LogP contribution is 2.46. The van der Waals surface area contributed by atoms with E-state index in [2.05, 4.69) is 57.1 Å². The molecule has 0 bridgehead atoms. The molecule has 1 aliphatic rings. The van der Waals surface area contributed by atoms with Gasteiger partial charge in [0.1, 0.15) is 31.4 Å². The highest BCUT2D eigenvalue weighted by atomic mass is 15.3. The maximum absolute atomic E-state index is 2.87. The summed E-state index contributed by atoms with van der Waals surface area (Å²) in [5.74, 6) is 1.63. The summed E-state index contributed by atoms with van der Waals surface area (Å²) < 4.78 is 0. The van der Waals surface area contributed by atoms with E-state index in [1.54, 1.807) is 0 Å². The van der Waals surface area contributed by atoms with Crippen LogP contribution in [0.1, 0.15) is 65.7 Å². The monoisotopic (exact) mass is 273 g/mol. The van der Waals surface area contributed by atoms with E-state index in [9.17, 15) is 0 Å². The number of rotatable bonds is 8. The predicted molar refractivity (Wildman–Crippen MR) is 103 cm³/mol. The molecular formula is C15H35B4N. The van der Waals surface area contributed by atoms with Gasteiger partial charge in [0, 0.05) is 5.54 Å². The fourth-order valence-corrected chi connectivity index (χ4v) is 4.41. The van der Waals surface area contributed by atoms with Crippen LogP contribution in [0.3, 0.4) is 0 Å². The van der Waals surface area contributed by atoms with E-state index in [1.165, 1.54) is 51.5 Å². The van der Waals surface area contributed by atoms with Crippen LogP contribution in [0.15, 0.2) is 0 Å². The molecule has 0 N–H and O–H groups in total. The van der Waals surface area contributed by atoms with Crippen molar-refractivity contribution in [3.05, 3.63) is 0 Å². The lowest BCUT2D eigenvalue weighted by molar-refractivity contribution is 0.0815. The van der Waals surface area contributed by atoms with E-state index < -0.39 is 0 Å². The van der Waals surface area contributed by atoms with Gasteiger partial charge in [-0.1, -0.05) is 57.6 Å². The Morgan fingerprint density at radius 2 is 1.70 bits per heavy atom. The first-order valence-electron chi connectivity index (χ1n) is 9.07. The molecule has 112 valence electrons. The number of nitrogens with zero attached hydrogens (tertiary/aromatic N) is 1. The highest BCUT2D eigenvalue weighted by Gasteiger charge is 2.48. The molecule has 0 saturated carbocycles. The molecule has 0 amide bonds. The van der Waals surface area contributed by atoms with Crippen molar-refractivity contribution in [2.24, 2.45) is 0 Å². The molecule has 0 spiro atoms. The van der Waals surface area contributed by atoms with Crippen LogP contribution < -0.4 is 0 Å². The van der Waals surface area contributed by atoms with Crippen molar-refractivity contribution in [3.8, 4) is 0 Å². The third-order valence-electron chi connectivity index (χ3n) is 6.14. The van der Waals surface area contributed by atoms with E-state index in [0.717, 1.165) is 11.6 Å². The zero-order valence-corrected chi connectivity index (χ0v) is 15.3. The van der Waals surface area contributed by atoms with E-state index in [0.29, 0.717) is 10.9 Å². The first-order chi connectivity index (χ1) is 9.29. The Morgan fingerprint density at radius 1 is 1.05 bits per heavy atom. The van der Waals surface area contributed by atoms with Crippen molar-refractivity contribution >= 4 is 31.4 Å². The quantitative estimate of drug-likeness (QED) is 0.462. The minimum atomic E-state index is 0.355. The molecule has 1 nitrogen and oxygen atoms in total. The number of likely N-dealkylation sites (tertiary alicyclic amines) is 1. The summed E-state index contributed by atoms with van der Waals surface area (Å²) in [5, 5.41) is 0.355. The Morgan fingerprint density at radius 3 is 2.15 bits per heavy atom. The third-order valence-corrected chi connectivity index (χ3v) is 6.14. The summed E-state index contributed by atoms with van der Waals surface area (Å²) in [4.78, 5) is 2.87. The second-order valence-corrected chi connectivity index (χ2v) is 8.09. The number of hydrogen-bond acceptors (Lipinski definition) is 1. The smallest absolute Gasteiger partial charge is 0.116 e. The molecule has 1 heterocycles. The first-order valence-corrected chi connectivity index (χ1v) is 9.07. The minimum absolute atomic E-state index is 0.355. The molecule has 0 aromatic rings. The lowest BCUT2D eigenvalue weighted by Gasteiger charge is -2.49. The molecule has 1 saturated heterocycles. The summed E-state index contributed by atoms with van der Waals surface area (Å²) >= 11 is 0. The molecule has 1 fully saturated rings. The van der Waals surface area contributed by atoms with E-state index >= 15 is 0 Å². The zero-order valence-electron chi connectivity index (χ0n) is 15.3. The first kappa shape index (κ1) is 18.3. The van der Waals surface area contributed by atoms with Crippen molar-refractivity contribution in [2.75, 3.05) is 6.54 Å². The number of unbranched alkanes of at least 4 members (excludes halogenated alkanes) is 3. The third kappa shape index (κ3) is 3.90. The summed E-state index contributed by atoms with van der Waals surface area (Å²) in [5.41, 5.74) is 0.408. The average molecular weight is 273 g/mol. The van der Waals surface area contributed by atoms with E-state index in [-0.39, 0.29) is 0 Å². The lowest BCUT2D eigenvalue weighted by atomic mass is 9.46. The van der Waals surface area contributed by atoms with Crippen LogP contribution in [0.25, 0.3) is 0 Å². The van der Waals surface area contributed by atoms with Gasteiger partial charge in [-0.3, -0.25) is 0 Å². The fraction of sp³-hybridized carbons (Fsp3) is 1.00. The minimum Gasteiger partial charge on any atom is -0.309 e. The summed E-state index contributed by atoms with van der Waals surface area (Å²) in [7, 11) is 9.84. The molecule has 0 radical (unpaired) electrons. The highest BCUT2D eigenvalue weighted by molar-refractivity contribution is 6.45. The molecule has 0 aliphatic carbocycles. The van der Waals surface area contributed by atoms with Crippen LogP contribution in [0.5, 0.6) is 0 Å². The fourth-order valence-electron chi connectivity index (χ4n) is 4.41. The molecule has 3 atom stereocenters. The van der Waals surface area contributed by atoms with Gasteiger partial charge in [0.2, 0.25) is 0 Å².